The number of aromatic carboxylic acids is 1. The molecule has 9 heteroatoms. The van der Waals surface area contributed by atoms with Gasteiger partial charge in [-0.25, -0.2) is 17.6 Å². The van der Waals surface area contributed by atoms with Crippen molar-refractivity contribution in [3.8, 4) is 0 Å². The highest BCUT2D eigenvalue weighted by Gasteiger charge is 2.40. The number of carboxylic acids is 1. The molecule has 2 saturated heterocycles. The van der Waals surface area contributed by atoms with Gasteiger partial charge in [0.05, 0.1) is 5.56 Å². The van der Waals surface area contributed by atoms with Crippen molar-refractivity contribution < 1.29 is 22.7 Å². The maximum atomic E-state index is 15.3. The summed E-state index contributed by atoms with van der Waals surface area (Å²) in [6.07, 6.45) is 1.28. The molecule has 1 N–H and O–H groups in total. The molecule has 0 amide bonds. The molecule has 0 unspecified atom stereocenters. The molecule has 2 aliphatic rings. The van der Waals surface area contributed by atoms with Gasteiger partial charge in [-0.2, -0.15) is 4.31 Å². The van der Waals surface area contributed by atoms with Gasteiger partial charge in [-0.1, -0.05) is 36.4 Å². The summed E-state index contributed by atoms with van der Waals surface area (Å²) in [5, 5.41) is 8.48. The van der Waals surface area contributed by atoms with Gasteiger partial charge < -0.3 is 14.9 Å². The van der Waals surface area contributed by atoms with Crippen molar-refractivity contribution in [3.63, 3.8) is 0 Å². The average Bonchev–Trinajstić information content (AvgIpc) is 2.92. The molecule has 0 bridgehead atoms. The van der Waals surface area contributed by atoms with Crippen molar-refractivity contribution in [2.24, 2.45) is 0 Å². The summed E-state index contributed by atoms with van der Waals surface area (Å²) in [6, 6.07) is 21.0. The standard InChI is InChI=1S/C29H32FN3O4S/c1-21-7-14-28(22-5-3-2-4-6-22)38(36,37)33(21)20-24-10-13-26(19-27(24)30)32-17-15-31(16-18-32)25-11-8-23(9-12-25)29(34)35/h2-6,8-13,19,21,28H,7,14-18,20H2,1H3,(H,34,35)/t21-,28-/m0/s1. The monoisotopic (exact) mass is 537 g/mol. The van der Waals surface area contributed by atoms with Crippen LogP contribution in [0.5, 0.6) is 0 Å². The highest BCUT2D eigenvalue weighted by molar-refractivity contribution is 7.89. The summed E-state index contributed by atoms with van der Waals surface area (Å²) in [4.78, 5) is 15.4. The molecular formula is C29H32FN3O4S. The summed E-state index contributed by atoms with van der Waals surface area (Å²) in [6.45, 7) is 4.73. The van der Waals surface area contributed by atoms with E-state index in [1.165, 1.54) is 10.4 Å². The Hall–Kier alpha value is -3.43. The molecule has 0 saturated carbocycles. The molecule has 2 atom stereocenters. The second kappa shape index (κ2) is 10.7. The first-order valence-corrected chi connectivity index (χ1v) is 14.4. The van der Waals surface area contributed by atoms with Crippen LogP contribution in [-0.2, 0) is 16.6 Å². The van der Waals surface area contributed by atoms with E-state index in [-0.39, 0.29) is 18.2 Å². The van der Waals surface area contributed by atoms with Crippen LogP contribution in [0.2, 0.25) is 0 Å². The smallest absolute Gasteiger partial charge is 0.335 e. The first-order valence-electron chi connectivity index (χ1n) is 12.9. The molecule has 2 aliphatic heterocycles. The summed E-state index contributed by atoms with van der Waals surface area (Å²) >= 11 is 0. The number of hydrogen-bond acceptors (Lipinski definition) is 5. The minimum absolute atomic E-state index is 0.0130. The minimum Gasteiger partial charge on any atom is -0.478 e. The van der Waals surface area contributed by atoms with Crippen molar-refractivity contribution in [1.82, 2.24) is 4.31 Å². The lowest BCUT2D eigenvalue weighted by Gasteiger charge is -2.38. The Balaban J connectivity index is 1.26. The lowest BCUT2D eigenvalue weighted by Crippen LogP contribution is -2.46. The van der Waals surface area contributed by atoms with Crippen LogP contribution in [0.4, 0.5) is 15.8 Å². The third-order valence-corrected chi connectivity index (χ3v) is 10.1. The van der Waals surface area contributed by atoms with Crippen LogP contribution in [0.1, 0.15) is 46.5 Å². The minimum atomic E-state index is -3.63. The molecule has 200 valence electrons. The third kappa shape index (κ3) is 5.26. The van der Waals surface area contributed by atoms with Gasteiger partial charge in [0.2, 0.25) is 10.0 Å². The Morgan fingerprint density at radius 1 is 0.895 bits per heavy atom. The van der Waals surface area contributed by atoms with E-state index in [4.69, 9.17) is 5.11 Å². The highest BCUT2D eigenvalue weighted by atomic mass is 32.2. The number of rotatable bonds is 6. The fourth-order valence-electron chi connectivity index (χ4n) is 5.42. The fourth-order valence-corrected chi connectivity index (χ4v) is 7.61. The first kappa shape index (κ1) is 26.2. The Bertz CT molecular complexity index is 1390. The number of anilines is 2. The van der Waals surface area contributed by atoms with Gasteiger partial charge in [-0.05, 0) is 61.7 Å². The van der Waals surface area contributed by atoms with Gasteiger partial charge in [0.1, 0.15) is 11.1 Å². The van der Waals surface area contributed by atoms with E-state index in [1.54, 1.807) is 18.2 Å². The van der Waals surface area contributed by atoms with E-state index in [0.717, 1.165) is 36.4 Å². The molecule has 5 rings (SSSR count). The Morgan fingerprint density at radius 3 is 2.11 bits per heavy atom. The zero-order valence-corrected chi connectivity index (χ0v) is 22.1. The molecule has 0 aliphatic carbocycles. The van der Waals surface area contributed by atoms with E-state index in [1.807, 2.05) is 55.5 Å². The normalized spacial score (nSPS) is 21.8. The molecule has 3 aromatic rings. The van der Waals surface area contributed by atoms with Gasteiger partial charge in [0, 0.05) is 55.7 Å². The van der Waals surface area contributed by atoms with E-state index >= 15 is 4.39 Å². The second-order valence-corrected chi connectivity index (χ2v) is 12.1. The predicted molar refractivity (Wildman–Crippen MR) is 147 cm³/mol. The summed E-state index contributed by atoms with van der Waals surface area (Å²) in [5.41, 5.74) is 3.13. The number of halogens is 1. The lowest BCUT2D eigenvalue weighted by molar-refractivity contribution is 0.0697. The van der Waals surface area contributed by atoms with Crippen LogP contribution in [0.15, 0.2) is 72.8 Å². The third-order valence-electron chi connectivity index (χ3n) is 7.68. The maximum absolute atomic E-state index is 15.3. The molecule has 0 radical (unpaired) electrons. The average molecular weight is 538 g/mol. The number of benzene rings is 3. The number of hydrogen-bond donors (Lipinski definition) is 1. The maximum Gasteiger partial charge on any atom is 0.335 e. The van der Waals surface area contributed by atoms with E-state index in [0.29, 0.717) is 25.1 Å². The lowest BCUT2D eigenvalue weighted by atomic mass is 10.0. The molecule has 2 fully saturated rings. The summed E-state index contributed by atoms with van der Waals surface area (Å²) in [5.74, 6) is -1.35. The number of piperazine rings is 1. The zero-order valence-electron chi connectivity index (χ0n) is 21.3. The Morgan fingerprint density at radius 2 is 1.50 bits per heavy atom. The van der Waals surface area contributed by atoms with E-state index < -0.39 is 27.1 Å². The van der Waals surface area contributed by atoms with Crippen molar-refractivity contribution in [2.45, 2.75) is 37.6 Å². The van der Waals surface area contributed by atoms with Crippen molar-refractivity contribution >= 4 is 27.4 Å². The quantitative estimate of drug-likeness (QED) is 0.482. The Kier molecular flexibility index (Phi) is 7.40. The number of carbonyl (C=O) groups is 1. The molecule has 0 spiro atoms. The molecule has 2 heterocycles. The molecule has 38 heavy (non-hydrogen) atoms. The van der Waals surface area contributed by atoms with Gasteiger partial charge in [-0.3, -0.25) is 0 Å². The van der Waals surface area contributed by atoms with Crippen LogP contribution in [0.25, 0.3) is 0 Å². The van der Waals surface area contributed by atoms with E-state index in [2.05, 4.69) is 9.80 Å². The van der Waals surface area contributed by atoms with Gasteiger partial charge in [-0.15, -0.1) is 0 Å². The molecule has 3 aromatic carbocycles. The van der Waals surface area contributed by atoms with Crippen LogP contribution in [-0.4, -0.2) is 56.0 Å². The zero-order chi connectivity index (χ0) is 26.9. The van der Waals surface area contributed by atoms with Crippen LogP contribution < -0.4 is 9.80 Å². The van der Waals surface area contributed by atoms with Gasteiger partial charge in [0.15, 0.2) is 0 Å². The predicted octanol–water partition coefficient (Wildman–Crippen LogP) is 4.91. The van der Waals surface area contributed by atoms with Crippen LogP contribution >= 0.6 is 0 Å². The first-order chi connectivity index (χ1) is 18.2. The van der Waals surface area contributed by atoms with Crippen LogP contribution in [0, 0.1) is 5.82 Å². The SMILES string of the molecule is C[C@H]1CC[C@@H](c2ccccc2)S(=O)(=O)N1Cc1ccc(N2CCN(c3ccc(C(=O)O)cc3)CC2)cc1F. The fraction of sp³-hybridized carbons (Fsp3) is 0.345. The van der Waals surface area contributed by atoms with Crippen molar-refractivity contribution in [3.05, 3.63) is 95.3 Å². The Labute approximate surface area is 223 Å². The highest BCUT2D eigenvalue weighted by Crippen LogP contribution is 2.38. The number of nitrogens with zero attached hydrogens (tertiary/aromatic N) is 3. The van der Waals surface area contributed by atoms with Gasteiger partial charge >= 0.3 is 5.97 Å². The second-order valence-electron chi connectivity index (χ2n) is 10.0. The van der Waals surface area contributed by atoms with E-state index in [9.17, 15) is 13.2 Å². The number of sulfonamides is 1. The number of carboxylic acid groups (broad SMARTS) is 1. The summed E-state index contributed by atoms with van der Waals surface area (Å²) in [7, 11) is -3.63. The van der Waals surface area contributed by atoms with Crippen molar-refractivity contribution in [1.29, 1.82) is 0 Å². The molecule has 0 aromatic heterocycles. The molecular weight excluding hydrogens is 505 g/mol. The van der Waals surface area contributed by atoms with Gasteiger partial charge in [0.25, 0.3) is 0 Å². The summed E-state index contributed by atoms with van der Waals surface area (Å²) < 4.78 is 43.8. The van der Waals surface area contributed by atoms with Crippen LogP contribution in [0.3, 0.4) is 0 Å². The molecule has 7 nitrogen and oxygen atoms in total. The largest absolute Gasteiger partial charge is 0.478 e. The topological polar surface area (TPSA) is 81.2 Å². The van der Waals surface area contributed by atoms with Crippen molar-refractivity contribution in [2.75, 3.05) is 36.0 Å².